The zero-order valence-electron chi connectivity index (χ0n) is 21.5. The standard InChI is InChI=1S/C28H43N3O3/c1-5-20(3)25(29-26(32)24(6-2)22-13-9-7-10-14-22)28(34)30-17-18-31(21(4)19-30)27(33)23-15-11-8-12-16-23/h7,9-10,13-14,20-21,23-25H,5-6,8,11-12,15-19H2,1-4H3,(H,29,32). The van der Waals surface area contributed by atoms with E-state index >= 15 is 0 Å². The van der Waals surface area contributed by atoms with Gasteiger partial charge in [0.2, 0.25) is 17.7 Å². The number of hydrogen-bond acceptors (Lipinski definition) is 3. The smallest absolute Gasteiger partial charge is 0.245 e. The van der Waals surface area contributed by atoms with Gasteiger partial charge in [-0.1, -0.05) is 76.8 Å². The van der Waals surface area contributed by atoms with Gasteiger partial charge >= 0.3 is 0 Å². The summed E-state index contributed by atoms with van der Waals surface area (Å²) in [4.78, 5) is 43.8. The van der Waals surface area contributed by atoms with Crippen LogP contribution in [-0.2, 0) is 14.4 Å². The molecule has 1 saturated heterocycles. The minimum Gasteiger partial charge on any atom is -0.344 e. The maximum atomic E-state index is 13.6. The van der Waals surface area contributed by atoms with Crippen LogP contribution in [0.25, 0.3) is 0 Å². The third-order valence-electron chi connectivity index (χ3n) is 7.88. The zero-order chi connectivity index (χ0) is 24.7. The van der Waals surface area contributed by atoms with E-state index in [2.05, 4.69) is 12.2 Å². The van der Waals surface area contributed by atoms with E-state index in [-0.39, 0.29) is 41.5 Å². The van der Waals surface area contributed by atoms with Crippen LogP contribution in [0, 0.1) is 11.8 Å². The second-order valence-corrected chi connectivity index (χ2v) is 10.2. The Morgan fingerprint density at radius 1 is 1.00 bits per heavy atom. The largest absolute Gasteiger partial charge is 0.344 e. The van der Waals surface area contributed by atoms with Crippen molar-refractivity contribution in [1.82, 2.24) is 15.1 Å². The fraction of sp³-hybridized carbons (Fsp3) is 0.679. The van der Waals surface area contributed by atoms with E-state index < -0.39 is 6.04 Å². The third kappa shape index (κ3) is 6.19. The van der Waals surface area contributed by atoms with Gasteiger partial charge < -0.3 is 15.1 Å². The van der Waals surface area contributed by atoms with Crippen LogP contribution in [0.4, 0.5) is 0 Å². The van der Waals surface area contributed by atoms with E-state index in [0.717, 1.165) is 37.7 Å². The van der Waals surface area contributed by atoms with Crippen LogP contribution in [0.5, 0.6) is 0 Å². The lowest BCUT2D eigenvalue weighted by Crippen LogP contribution is -2.61. The van der Waals surface area contributed by atoms with E-state index in [1.165, 1.54) is 6.42 Å². The van der Waals surface area contributed by atoms with Crippen LogP contribution in [0.15, 0.2) is 30.3 Å². The summed E-state index contributed by atoms with van der Waals surface area (Å²) >= 11 is 0. The molecule has 6 heteroatoms. The molecule has 1 aliphatic heterocycles. The van der Waals surface area contributed by atoms with Gasteiger partial charge in [-0.25, -0.2) is 0 Å². The number of piperazine rings is 1. The number of nitrogens with zero attached hydrogens (tertiary/aromatic N) is 2. The van der Waals surface area contributed by atoms with Gasteiger partial charge in [-0.15, -0.1) is 0 Å². The van der Waals surface area contributed by atoms with Gasteiger partial charge in [0.25, 0.3) is 0 Å². The lowest BCUT2D eigenvalue weighted by Gasteiger charge is -2.43. The van der Waals surface area contributed by atoms with Gasteiger partial charge in [-0.05, 0) is 37.7 Å². The van der Waals surface area contributed by atoms with Crippen molar-refractivity contribution in [3.05, 3.63) is 35.9 Å². The van der Waals surface area contributed by atoms with Gasteiger partial charge in [-0.3, -0.25) is 14.4 Å². The van der Waals surface area contributed by atoms with Crippen LogP contribution < -0.4 is 5.32 Å². The van der Waals surface area contributed by atoms with Crippen molar-refractivity contribution in [3.63, 3.8) is 0 Å². The molecule has 1 aliphatic carbocycles. The molecule has 3 amide bonds. The van der Waals surface area contributed by atoms with E-state index in [1.54, 1.807) is 0 Å². The molecule has 0 spiro atoms. The van der Waals surface area contributed by atoms with Gasteiger partial charge in [0.1, 0.15) is 6.04 Å². The van der Waals surface area contributed by atoms with Gasteiger partial charge in [0.05, 0.1) is 5.92 Å². The van der Waals surface area contributed by atoms with Crippen molar-refractivity contribution in [2.45, 2.75) is 90.6 Å². The Morgan fingerprint density at radius 3 is 2.26 bits per heavy atom. The molecule has 1 aromatic carbocycles. The van der Waals surface area contributed by atoms with Gasteiger partial charge in [0.15, 0.2) is 0 Å². The molecule has 2 fully saturated rings. The Kier molecular flexibility index (Phi) is 9.54. The van der Waals surface area contributed by atoms with Crippen LogP contribution in [0.3, 0.4) is 0 Å². The zero-order valence-corrected chi connectivity index (χ0v) is 21.5. The van der Waals surface area contributed by atoms with Gasteiger partial charge in [-0.2, -0.15) is 0 Å². The molecule has 4 unspecified atom stereocenters. The van der Waals surface area contributed by atoms with Crippen molar-refractivity contribution in [2.24, 2.45) is 11.8 Å². The first-order valence-electron chi connectivity index (χ1n) is 13.3. The third-order valence-corrected chi connectivity index (χ3v) is 7.88. The fourth-order valence-electron chi connectivity index (χ4n) is 5.46. The average molecular weight is 470 g/mol. The Morgan fingerprint density at radius 2 is 1.68 bits per heavy atom. The Balaban J connectivity index is 1.66. The average Bonchev–Trinajstić information content (AvgIpc) is 2.87. The summed E-state index contributed by atoms with van der Waals surface area (Å²) in [6, 6.07) is 9.21. The number of benzene rings is 1. The molecule has 1 saturated carbocycles. The van der Waals surface area contributed by atoms with E-state index in [9.17, 15) is 14.4 Å². The Labute approximate surface area is 205 Å². The van der Waals surface area contributed by atoms with E-state index in [1.807, 2.05) is 60.9 Å². The number of nitrogens with one attached hydrogen (secondary N) is 1. The first-order valence-corrected chi connectivity index (χ1v) is 13.3. The summed E-state index contributed by atoms with van der Waals surface area (Å²) in [5.74, 6) is 0.0504. The molecule has 0 bridgehead atoms. The second kappa shape index (κ2) is 12.4. The molecule has 1 heterocycles. The highest BCUT2D eigenvalue weighted by Crippen LogP contribution is 2.27. The molecule has 0 aromatic heterocycles. The van der Waals surface area contributed by atoms with Crippen molar-refractivity contribution in [3.8, 4) is 0 Å². The highest BCUT2D eigenvalue weighted by Gasteiger charge is 2.37. The molecule has 3 rings (SSSR count). The molecular weight excluding hydrogens is 426 g/mol. The quantitative estimate of drug-likeness (QED) is 0.615. The predicted molar refractivity (Wildman–Crippen MR) is 135 cm³/mol. The normalized spacial score (nSPS) is 22.1. The van der Waals surface area contributed by atoms with E-state index in [4.69, 9.17) is 0 Å². The number of rotatable bonds is 8. The summed E-state index contributed by atoms with van der Waals surface area (Å²) in [6.07, 6.45) is 6.97. The Bertz CT molecular complexity index is 821. The minimum absolute atomic E-state index is 0.00637. The van der Waals surface area contributed by atoms with Crippen molar-refractivity contribution in [2.75, 3.05) is 19.6 Å². The topological polar surface area (TPSA) is 69.7 Å². The monoisotopic (exact) mass is 469 g/mol. The summed E-state index contributed by atoms with van der Waals surface area (Å²) in [5, 5.41) is 3.10. The SMILES string of the molecule is CCC(C(=O)NC(C(=O)N1CCN(C(=O)C2CCCCC2)C(C)C1)C(C)CC)c1ccccc1. The first kappa shape index (κ1) is 26.2. The number of hydrogen-bond donors (Lipinski definition) is 1. The predicted octanol–water partition coefficient (Wildman–Crippen LogP) is 4.35. The summed E-state index contributed by atoms with van der Waals surface area (Å²) in [7, 11) is 0. The summed E-state index contributed by atoms with van der Waals surface area (Å²) in [6.45, 7) is 9.75. The minimum atomic E-state index is -0.553. The maximum Gasteiger partial charge on any atom is 0.245 e. The van der Waals surface area contributed by atoms with Crippen molar-refractivity contribution < 1.29 is 14.4 Å². The molecule has 188 valence electrons. The highest BCUT2D eigenvalue weighted by molar-refractivity contribution is 5.91. The molecule has 2 aliphatic rings. The molecule has 1 aromatic rings. The summed E-state index contributed by atoms with van der Waals surface area (Å²) in [5.41, 5.74) is 0.973. The number of amides is 3. The van der Waals surface area contributed by atoms with E-state index in [0.29, 0.717) is 26.1 Å². The lowest BCUT2D eigenvalue weighted by atomic mass is 9.87. The van der Waals surface area contributed by atoms with Crippen molar-refractivity contribution in [1.29, 1.82) is 0 Å². The lowest BCUT2D eigenvalue weighted by molar-refractivity contribution is -0.148. The van der Waals surface area contributed by atoms with Gasteiger partial charge in [0, 0.05) is 31.6 Å². The van der Waals surface area contributed by atoms with Crippen LogP contribution >= 0.6 is 0 Å². The van der Waals surface area contributed by atoms with Crippen LogP contribution in [-0.4, -0.2) is 59.2 Å². The molecule has 34 heavy (non-hydrogen) atoms. The maximum absolute atomic E-state index is 13.6. The molecule has 4 atom stereocenters. The summed E-state index contributed by atoms with van der Waals surface area (Å²) < 4.78 is 0. The highest BCUT2D eigenvalue weighted by atomic mass is 16.2. The molecule has 0 radical (unpaired) electrons. The molecular formula is C28H43N3O3. The van der Waals surface area contributed by atoms with Crippen LogP contribution in [0.2, 0.25) is 0 Å². The van der Waals surface area contributed by atoms with Crippen LogP contribution in [0.1, 0.15) is 84.1 Å². The second-order valence-electron chi connectivity index (χ2n) is 10.2. The first-order chi connectivity index (χ1) is 16.4. The molecule has 6 nitrogen and oxygen atoms in total. The number of carbonyl (C=O) groups is 3. The Hall–Kier alpha value is -2.37. The molecule has 1 N–H and O–H groups in total. The fourth-order valence-corrected chi connectivity index (χ4v) is 5.46. The number of carbonyl (C=O) groups excluding carboxylic acids is 3. The van der Waals surface area contributed by atoms with Crippen molar-refractivity contribution >= 4 is 17.7 Å².